The first kappa shape index (κ1) is 24.0. The zero-order valence-corrected chi connectivity index (χ0v) is 19.9. The molecule has 1 amide bonds. The van der Waals surface area contributed by atoms with E-state index >= 15 is 0 Å². The van der Waals surface area contributed by atoms with Gasteiger partial charge in [0, 0.05) is 22.1 Å². The first-order chi connectivity index (χ1) is 15.4. The van der Waals surface area contributed by atoms with Crippen LogP contribution < -0.4 is 5.32 Å². The number of ketones is 1. The zero-order valence-electron chi connectivity index (χ0n) is 16.8. The van der Waals surface area contributed by atoms with E-state index in [1.165, 1.54) is 0 Å². The zero-order chi connectivity index (χ0) is 23.1. The Bertz CT molecular complexity index is 1140. The highest BCUT2D eigenvalue weighted by molar-refractivity contribution is 9.10. The Morgan fingerprint density at radius 3 is 2.25 bits per heavy atom. The second-order valence-corrected chi connectivity index (χ2v) is 8.71. The largest absolute Gasteiger partial charge is 0.411 e. The van der Waals surface area contributed by atoms with Gasteiger partial charge < -0.3 is 10.5 Å². The maximum absolute atomic E-state index is 13.3. The smallest absolute Gasteiger partial charge is 0.224 e. The van der Waals surface area contributed by atoms with Gasteiger partial charge in [0.25, 0.3) is 0 Å². The number of carbonyl (C=O) groups excluding carboxylic acids is 2. The average Bonchev–Trinajstić information content (AvgIpc) is 2.79. The molecule has 1 atom stereocenters. The van der Waals surface area contributed by atoms with E-state index < -0.39 is 5.92 Å². The summed E-state index contributed by atoms with van der Waals surface area (Å²) in [4.78, 5) is 25.8. The SMILES string of the molecule is O=C(CC/C(=N/O)[C@@H](C(=O)c1ccc(Br)cc1)c1ccccc1)Nc1ccc(Cl)c(Cl)c1. The van der Waals surface area contributed by atoms with Crippen molar-refractivity contribution in [3.05, 3.63) is 98.4 Å². The Morgan fingerprint density at radius 1 is 0.938 bits per heavy atom. The van der Waals surface area contributed by atoms with Crippen LogP contribution in [0.5, 0.6) is 0 Å². The van der Waals surface area contributed by atoms with Crippen LogP contribution in [0.15, 0.2) is 82.4 Å². The maximum Gasteiger partial charge on any atom is 0.224 e. The molecular weight excluding hydrogens is 515 g/mol. The Balaban J connectivity index is 1.78. The van der Waals surface area contributed by atoms with Crippen molar-refractivity contribution < 1.29 is 14.8 Å². The van der Waals surface area contributed by atoms with E-state index in [0.717, 1.165) is 4.47 Å². The summed E-state index contributed by atoms with van der Waals surface area (Å²) in [7, 11) is 0. The minimum Gasteiger partial charge on any atom is -0.411 e. The Hall–Kier alpha value is -2.67. The van der Waals surface area contributed by atoms with E-state index in [0.29, 0.717) is 26.9 Å². The molecule has 5 nitrogen and oxygen atoms in total. The number of carbonyl (C=O) groups is 2. The molecule has 164 valence electrons. The molecule has 0 heterocycles. The highest BCUT2D eigenvalue weighted by Gasteiger charge is 2.28. The average molecular weight is 534 g/mol. The van der Waals surface area contributed by atoms with Crippen molar-refractivity contribution >= 4 is 62.2 Å². The minimum absolute atomic E-state index is 0.0105. The third kappa shape index (κ3) is 6.19. The highest BCUT2D eigenvalue weighted by Crippen LogP contribution is 2.27. The van der Waals surface area contributed by atoms with Crippen LogP contribution in [-0.4, -0.2) is 22.6 Å². The summed E-state index contributed by atoms with van der Waals surface area (Å²) >= 11 is 15.2. The monoisotopic (exact) mass is 532 g/mol. The third-order valence-corrected chi connectivity index (χ3v) is 6.06. The summed E-state index contributed by atoms with van der Waals surface area (Å²) in [5.74, 6) is -1.35. The van der Waals surface area contributed by atoms with Gasteiger partial charge in [-0.2, -0.15) is 0 Å². The molecule has 2 N–H and O–H groups in total. The third-order valence-electron chi connectivity index (χ3n) is 4.80. The summed E-state index contributed by atoms with van der Waals surface area (Å²) in [5.41, 5.74) is 1.85. The fourth-order valence-electron chi connectivity index (χ4n) is 3.21. The summed E-state index contributed by atoms with van der Waals surface area (Å²) in [6.07, 6.45) is 0.0993. The molecule has 3 aromatic rings. The Labute approximate surface area is 204 Å². The van der Waals surface area contributed by atoms with Gasteiger partial charge in [-0.25, -0.2) is 0 Å². The number of oxime groups is 1. The van der Waals surface area contributed by atoms with Crippen molar-refractivity contribution in [2.24, 2.45) is 5.16 Å². The molecule has 0 saturated carbocycles. The van der Waals surface area contributed by atoms with Crippen LogP contribution >= 0.6 is 39.1 Å². The first-order valence-electron chi connectivity index (χ1n) is 9.69. The molecule has 3 aromatic carbocycles. The van der Waals surface area contributed by atoms with Crippen LogP contribution in [-0.2, 0) is 4.79 Å². The lowest BCUT2D eigenvalue weighted by atomic mass is 9.85. The van der Waals surface area contributed by atoms with Crippen molar-refractivity contribution in [3.63, 3.8) is 0 Å². The fourth-order valence-corrected chi connectivity index (χ4v) is 3.77. The fraction of sp³-hybridized carbons (Fsp3) is 0.125. The number of nitrogens with zero attached hydrogens (tertiary/aromatic N) is 1. The molecule has 0 unspecified atom stereocenters. The maximum atomic E-state index is 13.3. The quantitative estimate of drug-likeness (QED) is 0.142. The predicted octanol–water partition coefficient (Wildman–Crippen LogP) is 6.97. The molecule has 3 rings (SSSR count). The lowest BCUT2D eigenvalue weighted by molar-refractivity contribution is -0.116. The van der Waals surface area contributed by atoms with Gasteiger partial charge in [-0.1, -0.05) is 86.8 Å². The van der Waals surface area contributed by atoms with Gasteiger partial charge >= 0.3 is 0 Å². The molecular formula is C24H19BrCl2N2O3. The second-order valence-electron chi connectivity index (χ2n) is 6.98. The number of amides is 1. The number of nitrogens with one attached hydrogen (secondary N) is 1. The standard InChI is InChI=1S/C24H19BrCl2N2O3/c25-17-8-6-16(7-9-17)24(31)23(15-4-2-1-3-5-15)21(29-32)12-13-22(30)28-18-10-11-19(26)20(27)14-18/h1-11,14,23,32H,12-13H2,(H,28,30)/b29-21-/t23-/m0/s1. The first-order valence-corrected chi connectivity index (χ1v) is 11.2. The Kier molecular flexibility index (Phi) is 8.45. The van der Waals surface area contributed by atoms with Gasteiger partial charge in [0.2, 0.25) is 5.91 Å². The number of halogens is 3. The van der Waals surface area contributed by atoms with Crippen molar-refractivity contribution in [2.45, 2.75) is 18.8 Å². The molecule has 8 heteroatoms. The van der Waals surface area contributed by atoms with Gasteiger partial charge in [0.1, 0.15) is 0 Å². The molecule has 0 spiro atoms. The predicted molar refractivity (Wildman–Crippen MR) is 131 cm³/mol. The van der Waals surface area contributed by atoms with E-state index in [1.807, 2.05) is 18.2 Å². The summed E-state index contributed by atoms with van der Waals surface area (Å²) in [6, 6.07) is 20.8. The van der Waals surface area contributed by atoms with Crippen LogP contribution in [0, 0.1) is 0 Å². The molecule has 0 aliphatic rings. The van der Waals surface area contributed by atoms with Gasteiger partial charge in [-0.15, -0.1) is 0 Å². The molecule has 0 aliphatic carbocycles. The number of Topliss-reactive ketones (excluding diaryl/α,β-unsaturated/α-hetero) is 1. The van der Waals surface area contributed by atoms with Crippen LogP contribution in [0.3, 0.4) is 0 Å². The van der Waals surface area contributed by atoms with E-state index in [1.54, 1.807) is 54.6 Å². The van der Waals surface area contributed by atoms with Crippen molar-refractivity contribution in [1.29, 1.82) is 0 Å². The molecule has 0 fully saturated rings. The number of rotatable bonds is 8. The lowest BCUT2D eigenvalue weighted by Gasteiger charge is -2.18. The second kappa shape index (κ2) is 11.3. The van der Waals surface area contributed by atoms with Gasteiger partial charge in [0.05, 0.1) is 21.7 Å². The van der Waals surface area contributed by atoms with Gasteiger partial charge in [-0.3, -0.25) is 9.59 Å². The lowest BCUT2D eigenvalue weighted by Crippen LogP contribution is -2.24. The molecule has 0 bridgehead atoms. The van der Waals surface area contributed by atoms with Crippen molar-refractivity contribution in [3.8, 4) is 0 Å². The molecule has 0 aliphatic heterocycles. The summed E-state index contributed by atoms with van der Waals surface area (Å²) in [6.45, 7) is 0. The summed E-state index contributed by atoms with van der Waals surface area (Å²) < 4.78 is 0.848. The number of hydrogen-bond acceptors (Lipinski definition) is 4. The molecule has 0 radical (unpaired) electrons. The molecule has 0 saturated heterocycles. The van der Waals surface area contributed by atoms with E-state index in [4.69, 9.17) is 23.2 Å². The number of hydrogen-bond donors (Lipinski definition) is 2. The van der Waals surface area contributed by atoms with Gasteiger partial charge in [0.15, 0.2) is 5.78 Å². The van der Waals surface area contributed by atoms with Crippen LogP contribution in [0.1, 0.15) is 34.7 Å². The van der Waals surface area contributed by atoms with Gasteiger partial charge in [-0.05, 0) is 42.3 Å². The highest BCUT2D eigenvalue weighted by atomic mass is 79.9. The number of benzene rings is 3. The van der Waals surface area contributed by atoms with Crippen molar-refractivity contribution in [2.75, 3.05) is 5.32 Å². The topological polar surface area (TPSA) is 78.8 Å². The normalized spacial score (nSPS) is 12.3. The molecule has 32 heavy (non-hydrogen) atoms. The van der Waals surface area contributed by atoms with Crippen LogP contribution in [0.2, 0.25) is 10.0 Å². The van der Waals surface area contributed by atoms with Crippen LogP contribution in [0.4, 0.5) is 5.69 Å². The Morgan fingerprint density at radius 2 is 1.62 bits per heavy atom. The van der Waals surface area contributed by atoms with Crippen LogP contribution in [0.25, 0.3) is 0 Å². The molecule has 0 aromatic heterocycles. The summed E-state index contributed by atoms with van der Waals surface area (Å²) in [5, 5.41) is 16.6. The van der Waals surface area contributed by atoms with Crippen molar-refractivity contribution in [1.82, 2.24) is 0 Å². The van der Waals surface area contributed by atoms with E-state index in [2.05, 4.69) is 26.4 Å². The minimum atomic E-state index is -0.819. The van der Waals surface area contributed by atoms with E-state index in [9.17, 15) is 14.8 Å². The number of anilines is 1. The van der Waals surface area contributed by atoms with E-state index in [-0.39, 0.29) is 30.2 Å².